The lowest BCUT2D eigenvalue weighted by atomic mass is 10.0. The minimum atomic E-state index is -0.310. The number of hydrogen-bond donors (Lipinski definition) is 1. The molecule has 0 unspecified atom stereocenters. The predicted molar refractivity (Wildman–Crippen MR) is 71.6 cm³/mol. The van der Waals surface area contributed by atoms with Gasteiger partial charge in [-0.25, -0.2) is 4.39 Å². The van der Waals surface area contributed by atoms with Crippen LogP contribution in [0.3, 0.4) is 0 Å². The van der Waals surface area contributed by atoms with Gasteiger partial charge < -0.3 is 10.6 Å². The highest BCUT2D eigenvalue weighted by molar-refractivity contribution is 9.10. The maximum absolute atomic E-state index is 13.1. The molecule has 2 rings (SSSR count). The molecule has 0 radical (unpaired) electrons. The molecule has 1 saturated heterocycles. The Morgan fingerprint density at radius 3 is 2.72 bits per heavy atom. The highest BCUT2D eigenvalue weighted by Crippen LogP contribution is 2.18. The van der Waals surface area contributed by atoms with E-state index in [0.717, 1.165) is 31.5 Å². The van der Waals surface area contributed by atoms with E-state index >= 15 is 0 Å². The van der Waals surface area contributed by atoms with Crippen molar-refractivity contribution in [1.29, 1.82) is 0 Å². The van der Waals surface area contributed by atoms with Crippen LogP contribution in [0, 0.1) is 5.82 Å². The Morgan fingerprint density at radius 1 is 1.44 bits per heavy atom. The summed E-state index contributed by atoms with van der Waals surface area (Å²) in [4.78, 5) is 13.9. The van der Waals surface area contributed by atoms with E-state index in [9.17, 15) is 9.18 Å². The maximum atomic E-state index is 13.1. The second kappa shape index (κ2) is 5.80. The predicted octanol–water partition coefficient (Wildman–Crippen LogP) is 2.08. The van der Waals surface area contributed by atoms with Gasteiger partial charge in [0.15, 0.2) is 0 Å². The summed E-state index contributed by atoms with van der Waals surface area (Å²) in [5.74, 6) is -0.226. The van der Waals surface area contributed by atoms with Gasteiger partial charge in [-0.3, -0.25) is 4.79 Å². The quantitative estimate of drug-likeness (QED) is 0.908. The Balaban J connectivity index is 1.96. The third-order valence-corrected chi connectivity index (χ3v) is 3.84. The number of halogens is 2. The largest absolute Gasteiger partial charge is 0.342 e. The SMILES string of the molecule is NC1CCN(C(=O)Cc2ccc(F)c(Br)c2)CC1. The van der Waals surface area contributed by atoms with Crippen molar-refractivity contribution in [3.63, 3.8) is 0 Å². The number of benzene rings is 1. The summed E-state index contributed by atoms with van der Waals surface area (Å²) in [7, 11) is 0. The van der Waals surface area contributed by atoms with Gasteiger partial charge in [0.1, 0.15) is 5.82 Å². The molecule has 1 aromatic carbocycles. The smallest absolute Gasteiger partial charge is 0.226 e. The Hall–Kier alpha value is -0.940. The second-order valence-electron chi connectivity index (χ2n) is 4.64. The minimum Gasteiger partial charge on any atom is -0.342 e. The summed E-state index contributed by atoms with van der Waals surface area (Å²) in [6.45, 7) is 1.45. The number of hydrogen-bond acceptors (Lipinski definition) is 2. The van der Waals surface area contributed by atoms with Gasteiger partial charge in [0, 0.05) is 19.1 Å². The Morgan fingerprint density at radius 2 is 2.11 bits per heavy atom. The highest BCUT2D eigenvalue weighted by Gasteiger charge is 2.20. The van der Waals surface area contributed by atoms with E-state index < -0.39 is 0 Å². The molecule has 1 amide bonds. The molecule has 1 fully saturated rings. The Bertz CT molecular complexity index is 445. The standard InChI is InChI=1S/C13H16BrFN2O/c14-11-7-9(1-2-12(11)15)8-13(18)17-5-3-10(16)4-6-17/h1-2,7,10H,3-6,8,16H2. The number of carbonyl (C=O) groups is 1. The molecule has 1 aliphatic heterocycles. The summed E-state index contributed by atoms with van der Waals surface area (Å²) in [6.07, 6.45) is 2.03. The van der Waals surface area contributed by atoms with Gasteiger partial charge >= 0.3 is 0 Å². The summed E-state index contributed by atoms with van der Waals surface area (Å²) in [5, 5.41) is 0. The molecule has 0 spiro atoms. The zero-order chi connectivity index (χ0) is 13.1. The van der Waals surface area contributed by atoms with Crippen molar-refractivity contribution in [1.82, 2.24) is 4.90 Å². The first-order chi connectivity index (χ1) is 8.56. The zero-order valence-corrected chi connectivity index (χ0v) is 11.6. The van der Waals surface area contributed by atoms with Crippen LogP contribution in [-0.4, -0.2) is 29.9 Å². The summed E-state index contributed by atoms with van der Waals surface area (Å²) in [6, 6.07) is 4.89. The third-order valence-electron chi connectivity index (χ3n) is 3.23. The van der Waals surface area contributed by atoms with E-state index in [0.29, 0.717) is 10.9 Å². The molecule has 0 saturated carbocycles. The fourth-order valence-electron chi connectivity index (χ4n) is 2.08. The lowest BCUT2D eigenvalue weighted by Crippen LogP contribution is -2.43. The van der Waals surface area contributed by atoms with Gasteiger partial charge in [-0.2, -0.15) is 0 Å². The van der Waals surface area contributed by atoms with Gasteiger partial charge in [0.05, 0.1) is 10.9 Å². The summed E-state index contributed by atoms with van der Waals surface area (Å²) >= 11 is 3.12. The van der Waals surface area contributed by atoms with Crippen molar-refractivity contribution in [3.05, 3.63) is 34.1 Å². The number of rotatable bonds is 2. The lowest BCUT2D eigenvalue weighted by Gasteiger charge is -2.30. The minimum absolute atomic E-state index is 0.0837. The fourth-order valence-corrected chi connectivity index (χ4v) is 2.51. The highest BCUT2D eigenvalue weighted by atomic mass is 79.9. The van der Waals surface area contributed by atoms with Crippen LogP contribution in [0.15, 0.2) is 22.7 Å². The fraction of sp³-hybridized carbons (Fsp3) is 0.462. The lowest BCUT2D eigenvalue weighted by molar-refractivity contribution is -0.131. The second-order valence-corrected chi connectivity index (χ2v) is 5.50. The van der Waals surface area contributed by atoms with Crippen LogP contribution >= 0.6 is 15.9 Å². The van der Waals surface area contributed by atoms with Crippen LogP contribution in [0.1, 0.15) is 18.4 Å². The molecule has 0 aliphatic carbocycles. The average Bonchev–Trinajstić information content (AvgIpc) is 2.34. The first-order valence-corrected chi connectivity index (χ1v) is 6.83. The number of amides is 1. The molecule has 1 aliphatic rings. The molecule has 3 nitrogen and oxygen atoms in total. The maximum Gasteiger partial charge on any atom is 0.226 e. The molecule has 0 aromatic heterocycles. The topological polar surface area (TPSA) is 46.3 Å². The van der Waals surface area contributed by atoms with E-state index in [2.05, 4.69) is 15.9 Å². The van der Waals surface area contributed by atoms with E-state index in [1.807, 2.05) is 4.90 Å². The average molecular weight is 315 g/mol. The molecular formula is C13H16BrFN2O. The third kappa shape index (κ3) is 3.29. The Labute approximate surface area is 114 Å². The normalized spacial score (nSPS) is 16.9. The molecule has 0 atom stereocenters. The van der Waals surface area contributed by atoms with Crippen LogP contribution in [0.5, 0.6) is 0 Å². The van der Waals surface area contributed by atoms with Gasteiger partial charge in [-0.15, -0.1) is 0 Å². The molecule has 18 heavy (non-hydrogen) atoms. The molecular weight excluding hydrogens is 299 g/mol. The zero-order valence-electron chi connectivity index (χ0n) is 10.0. The monoisotopic (exact) mass is 314 g/mol. The van der Waals surface area contributed by atoms with Crippen molar-refractivity contribution in [2.45, 2.75) is 25.3 Å². The number of piperidine rings is 1. The number of carbonyl (C=O) groups excluding carboxylic acids is 1. The van der Waals surface area contributed by atoms with Crippen LogP contribution in [0.2, 0.25) is 0 Å². The van der Waals surface area contributed by atoms with Crippen LogP contribution in [0.25, 0.3) is 0 Å². The van der Waals surface area contributed by atoms with E-state index in [-0.39, 0.29) is 17.8 Å². The van der Waals surface area contributed by atoms with E-state index in [1.165, 1.54) is 6.07 Å². The van der Waals surface area contributed by atoms with Gasteiger partial charge in [-0.1, -0.05) is 6.07 Å². The Kier molecular flexibility index (Phi) is 4.35. The first-order valence-electron chi connectivity index (χ1n) is 6.03. The molecule has 1 heterocycles. The van der Waals surface area contributed by atoms with Crippen LogP contribution in [-0.2, 0) is 11.2 Å². The molecule has 2 N–H and O–H groups in total. The van der Waals surface area contributed by atoms with Crippen molar-refractivity contribution in [2.24, 2.45) is 5.73 Å². The van der Waals surface area contributed by atoms with Crippen molar-refractivity contribution in [2.75, 3.05) is 13.1 Å². The first kappa shape index (κ1) is 13.5. The number of likely N-dealkylation sites (tertiary alicyclic amines) is 1. The molecule has 1 aromatic rings. The van der Waals surface area contributed by atoms with E-state index in [1.54, 1.807) is 12.1 Å². The van der Waals surface area contributed by atoms with Crippen LogP contribution < -0.4 is 5.73 Å². The molecule has 98 valence electrons. The number of nitrogens with two attached hydrogens (primary N) is 1. The summed E-state index contributed by atoms with van der Waals surface area (Å²) < 4.78 is 13.5. The van der Waals surface area contributed by atoms with Crippen LogP contribution in [0.4, 0.5) is 4.39 Å². The molecule has 5 heteroatoms. The van der Waals surface area contributed by atoms with Crippen molar-refractivity contribution in [3.8, 4) is 0 Å². The van der Waals surface area contributed by atoms with Gasteiger partial charge in [0.2, 0.25) is 5.91 Å². The van der Waals surface area contributed by atoms with Crippen molar-refractivity contribution < 1.29 is 9.18 Å². The van der Waals surface area contributed by atoms with Gasteiger partial charge in [-0.05, 0) is 46.5 Å². The number of nitrogens with zero attached hydrogens (tertiary/aromatic N) is 1. The van der Waals surface area contributed by atoms with Crippen molar-refractivity contribution >= 4 is 21.8 Å². The van der Waals surface area contributed by atoms with Gasteiger partial charge in [0.25, 0.3) is 0 Å². The molecule has 0 bridgehead atoms. The van der Waals surface area contributed by atoms with E-state index in [4.69, 9.17) is 5.73 Å². The summed E-state index contributed by atoms with van der Waals surface area (Å²) in [5.41, 5.74) is 6.62.